The van der Waals surface area contributed by atoms with Crippen LogP contribution in [0.5, 0.6) is 0 Å². The molecule has 0 aliphatic rings. The van der Waals surface area contributed by atoms with Gasteiger partial charge in [-0.25, -0.2) is 19.4 Å². The number of nitrogens with zero attached hydrogens (tertiary/aromatic N) is 1. The molecule has 0 atom stereocenters. The number of hydrogen-bond donors (Lipinski definition) is 4. The van der Waals surface area contributed by atoms with E-state index in [2.05, 4.69) is 15.3 Å². The minimum Gasteiger partial charge on any atom is -0.473 e. The highest BCUT2D eigenvalue weighted by molar-refractivity contribution is 6.27. The number of imidazole rings is 1. The van der Waals surface area contributed by atoms with Gasteiger partial charge in [0.1, 0.15) is 0 Å². The topological polar surface area (TPSA) is 142 Å². The van der Waals surface area contributed by atoms with Gasteiger partial charge in [-0.3, -0.25) is 0 Å². The first kappa shape index (κ1) is 20.4. The predicted octanol–water partition coefficient (Wildman–Crippen LogP) is 1.41. The maximum absolute atomic E-state index is 11.4. The number of aromatic amines is 1. The Morgan fingerprint density at radius 2 is 1.91 bits per heavy atom. The molecular weight excluding hydrogens is 306 g/mol. The number of aliphatic carboxylic acids is 2. The van der Waals surface area contributed by atoms with E-state index in [1.54, 1.807) is 12.5 Å². The van der Waals surface area contributed by atoms with E-state index in [-0.39, 0.29) is 11.6 Å². The molecule has 1 aromatic heterocycles. The van der Waals surface area contributed by atoms with E-state index in [1.807, 2.05) is 20.8 Å². The first-order chi connectivity index (χ1) is 10.7. The van der Waals surface area contributed by atoms with E-state index in [0.29, 0.717) is 6.61 Å². The van der Waals surface area contributed by atoms with Crippen LogP contribution >= 0.6 is 0 Å². The standard InChI is InChI=1S/C12H21N3O2.C2H2O4/c1-4-12(2,3)15-11(16)17-7-5-6-10-8-13-9-14-10;3-1(4)2(5)6/h8-9H,4-7H2,1-3H3,(H,13,14)(H,15,16);(H,3,4)(H,5,6). The van der Waals surface area contributed by atoms with Crippen molar-refractivity contribution in [1.82, 2.24) is 15.3 Å². The van der Waals surface area contributed by atoms with Gasteiger partial charge in [-0.15, -0.1) is 0 Å². The van der Waals surface area contributed by atoms with Crippen molar-refractivity contribution in [1.29, 1.82) is 0 Å². The molecule has 23 heavy (non-hydrogen) atoms. The minimum absolute atomic E-state index is 0.208. The van der Waals surface area contributed by atoms with Crippen LogP contribution in [0, 0.1) is 0 Å². The maximum atomic E-state index is 11.4. The summed E-state index contributed by atoms with van der Waals surface area (Å²) < 4.78 is 5.09. The lowest BCUT2D eigenvalue weighted by Crippen LogP contribution is -2.43. The lowest BCUT2D eigenvalue weighted by molar-refractivity contribution is -0.159. The van der Waals surface area contributed by atoms with Crippen molar-refractivity contribution in [2.75, 3.05) is 6.61 Å². The fourth-order valence-corrected chi connectivity index (χ4v) is 1.25. The Balaban J connectivity index is 0.000000688. The second-order valence-electron chi connectivity index (χ2n) is 5.29. The van der Waals surface area contributed by atoms with Crippen LogP contribution in [0.4, 0.5) is 4.79 Å². The Hall–Kier alpha value is -2.58. The second kappa shape index (κ2) is 10.2. The SMILES string of the molecule is CCC(C)(C)NC(=O)OCCCc1cnc[nH]1.O=C(O)C(=O)O. The number of carboxylic acids is 2. The zero-order chi connectivity index (χ0) is 17.9. The van der Waals surface area contributed by atoms with E-state index in [1.165, 1.54) is 0 Å². The molecule has 1 heterocycles. The summed E-state index contributed by atoms with van der Waals surface area (Å²) in [4.78, 5) is 36.5. The molecule has 130 valence electrons. The normalized spacial score (nSPS) is 10.2. The van der Waals surface area contributed by atoms with Gasteiger partial charge < -0.3 is 25.3 Å². The highest BCUT2D eigenvalue weighted by Crippen LogP contribution is 2.07. The highest BCUT2D eigenvalue weighted by atomic mass is 16.5. The van der Waals surface area contributed by atoms with Crippen LogP contribution in [0.3, 0.4) is 0 Å². The summed E-state index contributed by atoms with van der Waals surface area (Å²) in [6.07, 6.45) is 5.58. The second-order valence-corrected chi connectivity index (χ2v) is 5.29. The number of amides is 1. The molecule has 0 aromatic carbocycles. The summed E-state index contributed by atoms with van der Waals surface area (Å²) in [6, 6.07) is 0. The number of ether oxygens (including phenoxy) is 1. The number of carbonyl (C=O) groups is 3. The van der Waals surface area contributed by atoms with Crippen molar-refractivity contribution in [2.24, 2.45) is 0 Å². The molecule has 0 aliphatic carbocycles. The Morgan fingerprint density at radius 1 is 1.30 bits per heavy atom. The Bertz CT molecular complexity index is 487. The van der Waals surface area contributed by atoms with E-state index < -0.39 is 11.9 Å². The third kappa shape index (κ3) is 10.7. The lowest BCUT2D eigenvalue weighted by atomic mass is 10.0. The van der Waals surface area contributed by atoms with Gasteiger partial charge in [-0.2, -0.15) is 0 Å². The fraction of sp³-hybridized carbons (Fsp3) is 0.571. The number of carboxylic acid groups (broad SMARTS) is 2. The zero-order valence-electron chi connectivity index (χ0n) is 13.5. The van der Waals surface area contributed by atoms with Gasteiger partial charge in [0.2, 0.25) is 0 Å². The lowest BCUT2D eigenvalue weighted by Gasteiger charge is -2.23. The Kier molecular flexibility index (Phi) is 9.05. The average Bonchev–Trinajstić information content (AvgIpc) is 2.97. The summed E-state index contributed by atoms with van der Waals surface area (Å²) in [6.45, 7) is 6.39. The quantitative estimate of drug-likeness (QED) is 0.456. The van der Waals surface area contributed by atoms with Gasteiger partial charge >= 0.3 is 18.0 Å². The molecule has 0 radical (unpaired) electrons. The van der Waals surface area contributed by atoms with Gasteiger partial charge in [-0.05, 0) is 33.1 Å². The molecule has 9 heteroatoms. The minimum atomic E-state index is -1.82. The van der Waals surface area contributed by atoms with Gasteiger partial charge in [0.15, 0.2) is 0 Å². The third-order valence-corrected chi connectivity index (χ3v) is 2.89. The first-order valence-electron chi connectivity index (χ1n) is 7.06. The van der Waals surface area contributed by atoms with Crippen LogP contribution < -0.4 is 5.32 Å². The third-order valence-electron chi connectivity index (χ3n) is 2.89. The molecule has 4 N–H and O–H groups in total. The fourth-order valence-electron chi connectivity index (χ4n) is 1.25. The molecule has 0 saturated heterocycles. The summed E-state index contributed by atoms with van der Waals surface area (Å²) in [5, 5.41) is 17.6. The van der Waals surface area contributed by atoms with Crippen molar-refractivity contribution in [2.45, 2.75) is 45.6 Å². The van der Waals surface area contributed by atoms with Crippen molar-refractivity contribution < 1.29 is 29.3 Å². The van der Waals surface area contributed by atoms with Gasteiger partial charge in [0.05, 0.1) is 12.9 Å². The maximum Gasteiger partial charge on any atom is 0.414 e. The number of H-pyrrole nitrogens is 1. The molecule has 0 fully saturated rings. The highest BCUT2D eigenvalue weighted by Gasteiger charge is 2.18. The molecule has 1 aromatic rings. The number of rotatable bonds is 6. The molecular formula is C14H23N3O6. The molecule has 0 bridgehead atoms. The van der Waals surface area contributed by atoms with Crippen molar-refractivity contribution in [3.05, 3.63) is 18.2 Å². The zero-order valence-corrected chi connectivity index (χ0v) is 13.5. The van der Waals surface area contributed by atoms with E-state index in [9.17, 15) is 4.79 Å². The first-order valence-corrected chi connectivity index (χ1v) is 7.06. The number of nitrogens with one attached hydrogen (secondary N) is 2. The predicted molar refractivity (Wildman–Crippen MR) is 81.0 cm³/mol. The van der Waals surface area contributed by atoms with Crippen LogP contribution in [0.2, 0.25) is 0 Å². The van der Waals surface area contributed by atoms with Crippen LogP contribution in [-0.2, 0) is 20.7 Å². The summed E-state index contributed by atoms with van der Waals surface area (Å²) in [5.74, 6) is -3.65. The molecule has 0 spiro atoms. The van der Waals surface area contributed by atoms with Crippen molar-refractivity contribution in [3.8, 4) is 0 Å². The number of carbonyl (C=O) groups excluding carboxylic acids is 1. The van der Waals surface area contributed by atoms with Gasteiger partial charge in [0.25, 0.3) is 0 Å². The average molecular weight is 329 g/mol. The molecule has 0 saturated carbocycles. The molecule has 9 nitrogen and oxygen atoms in total. The van der Waals surface area contributed by atoms with E-state index >= 15 is 0 Å². The smallest absolute Gasteiger partial charge is 0.414 e. The van der Waals surface area contributed by atoms with Crippen LogP contribution in [0.1, 0.15) is 39.3 Å². The molecule has 0 unspecified atom stereocenters. The van der Waals surface area contributed by atoms with E-state index in [4.69, 9.17) is 24.5 Å². The van der Waals surface area contributed by atoms with Gasteiger partial charge in [0, 0.05) is 17.4 Å². The Labute approximate surface area is 134 Å². The van der Waals surface area contributed by atoms with Crippen molar-refractivity contribution >= 4 is 18.0 Å². The number of aromatic nitrogens is 2. The number of aryl methyl sites for hydroxylation is 1. The number of hydrogen-bond acceptors (Lipinski definition) is 5. The van der Waals surface area contributed by atoms with E-state index in [0.717, 1.165) is 25.0 Å². The van der Waals surface area contributed by atoms with Crippen LogP contribution in [0.15, 0.2) is 12.5 Å². The van der Waals surface area contributed by atoms with Crippen molar-refractivity contribution in [3.63, 3.8) is 0 Å². The monoisotopic (exact) mass is 329 g/mol. The van der Waals surface area contributed by atoms with Crippen LogP contribution in [0.25, 0.3) is 0 Å². The van der Waals surface area contributed by atoms with Crippen LogP contribution in [-0.4, -0.2) is 50.4 Å². The summed E-state index contributed by atoms with van der Waals surface area (Å²) in [7, 11) is 0. The largest absolute Gasteiger partial charge is 0.473 e. The summed E-state index contributed by atoms with van der Waals surface area (Å²) in [5.41, 5.74) is 0.850. The number of alkyl carbamates (subject to hydrolysis) is 1. The molecule has 0 aliphatic heterocycles. The Morgan fingerprint density at radius 3 is 2.35 bits per heavy atom. The summed E-state index contributed by atoms with van der Waals surface area (Å²) >= 11 is 0. The molecule has 1 rings (SSSR count). The molecule has 1 amide bonds. The van der Waals surface area contributed by atoms with Gasteiger partial charge in [-0.1, -0.05) is 6.92 Å².